The van der Waals surface area contributed by atoms with Crippen LogP contribution >= 0.6 is 0 Å². The highest BCUT2D eigenvalue weighted by atomic mass is 16.2. The van der Waals surface area contributed by atoms with E-state index in [2.05, 4.69) is 73.6 Å². The summed E-state index contributed by atoms with van der Waals surface area (Å²) in [6.45, 7) is 8.89. The van der Waals surface area contributed by atoms with Gasteiger partial charge in [-0.3, -0.25) is 8.80 Å². The van der Waals surface area contributed by atoms with Gasteiger partial charge in [-0.05, 0) is 61.5 Å². The van der Waals surface area contributed by atoms with Crippen molar-refractivity contribution in [3.8, 4) is 0 Å². The smallest absolute Gasteiger partial charge is 0.317 e. The lowest BCUT2D eigenvalue weighted by Crippen LogP contribution is -2.39. The Hall–Kier alpha value is -5.28. The van der Waals surface area contributed by atoms with Crippen molar-refractivity contribution in [3.05, 3.63) is 48.6 Å². The molecule has 8 heterocycles. The van der Waals surface area contributed by atoms with Crippen molar-refractivity contribution in [2.75, 3.05) is 39.3 Å². The molecule has 16 heteroatoms. The Labute approximate surface area is 300 Å². The van der Waals surface area contributed by atoms with Crippen molar-refractivity contribution in [3.63, 3.8) is 0 Å². The Kier molecular flexibility index (Phi) is 8.38. The number of hydrogen-bond acceptors (Lipinski definition) is 8. The minimum absolute atomic E-state index is 0.0557. The van der Waals surface area contributed by atoms with E-state index in [-0.39, 0.29) is 23.9 Å². The maximum Gasteiger partial charge on any atom is 0.317 e. The van der Waals surface area contributed by atoms with Gasteiger partial charge in [0.1, 0.15) is 11.6 Å². The normalized spacial score (nSPS) is 23.2. The number of likely N-dealkylation sites (tertiary alicyclic amines) is 2. The minimum atomic E-state index is 0.0557. The van der Waals surface area contributed by atoms with Gasteiger partial charge in [-0.25, -0.2) is 19.6 Å². The molecular weight excluding hydrogens is 660 g/mol. The van der Waals surface area contributed by atoms with Crippen LogP contribution in [0.5, 0.6) is 0 Å². The van der Waals surface area contributed by atoms with E-state index in [1.54, 1.807) is 12.4 Å². The molecule has 2 saturated heterocycles. The second-order valence-corrected chi connectivity index (χ2v) is 15.1. The lowest BCUT2D eigenvalue weighted by molar-refractivity contribution is 0.205. The lowest BCUT2D eigenvalue weighted by Gasteiger charge is -2.17. The molecule has 4 N–H and O–H groups in total. The number of nitrogens with zero attached hydrogens (tertiary/aromatic N) is 10. The molecule has 2 aliphatic heterocycles. The van der Waals surface area contributed by atoms with Crippen LogP contribution in [0, 0.1) is 23.7 Å². The van der Waals surface area contributed by atoms with Gasteiger partial charge in [0.15, 0.2) is 22.6 Å². The molecule has 6 aromatic rings. The fourth-order valence-electron chi connectivity index (χ4n) is 8.09. The summed E-state index contributed by atoms with van der Waals surface area (Å²) < 4.78 is 4.16. The van der Waals surface area contributed by atoms with Crippen molar-refractivity contribution in [2.45, 2.75) is 64.2 Å². The molecule has 6 aromatic heterocycles. The van der Waals surface area contributed by atoms with Gasteiger partial charge < -0.3 is 30.4 Å². The Morgan fingerprint density at radius 3 is 1.52 bits per heavy atom. The van der Waals surface area contributed by atoms with E-state index in [9.17, 15) is 9.59 Å². The van der Waals surface area contributed by atoms with Gasteiger partial charge in [-0.2, -0.15) is 0 Å². The molecule has 52 heavy (non-hydrogen) atoms. The van der Waals surface area contributed by atoms with Gasteiger partial charge in [0.2, 0.25) is 0 Å². The van der Waals surface area contributed by atoms with E-state index in [0.29, 0.717) is 36.8 Å². The zero-order valence-corrected chi connectivity index (χ0v) is 29.7. The number of amides is 4. The number of hydrogen-bond donors (Lipinski definition) is 4. The van der Waals surface area contributed by atoms with Crippen LogP contribution in [-0.4, -0.2) is 110 Å². The van der Waals surface area contributed by atoms with Crippen molar-refractivity contribution >= 4 is 45.7 Å². The molecule has 4 aliphatic rings. The number of carbonyl (C=O) groups is 2. The van der Waals surface area contributed by atoms with E-state index >= 15 is 0 Å². The van der Waals surface area contributed by atoms with Crippen LogP contribution in [-0.2, 0) is 0 Å². The number of fused-ring (bicyclic) bond motifs is 6. The third-order valence-electron chi connectivity index (χ3n) is 11.6. The van der Waals surface area contributed by atoms with Crippen molar-refractivity contribution < 1.29 is 9.59 Å². The molecule has 16 nitrogen and oxygen atoms in total. The fraction of sp³-hybridized carbons (Fsp3) is 0.556. The predicted octanol–water partition coefficient (Wildman–Crippen LogP) is 4.30. The van der Waals surface area contributed by atoms with Crippen LogP contribution in [0.15, 0.2) is 36.9 Å². The highest BCUT2D eigenvalue weighted by molar-refractivity contribution is 5.77. The Balaban J connectivity index is 0.000000138. The maximum atomic E-state index is 12.5. The van der Waals surface area contributed by atoms with Crippen LogP contribution in [0.4, 0.5) is 9.59 Å². The summed E-state index contributed by atoms with van der Waals surface area (Å²) in [7, 11) is 0. The molecule has 0 spiro atoms. The summed E-state index contributed by atoms with van der Waals surface area (Å²) in [5.74, 6) is 4.37. The average Bonchev–Trinajstić information content (AvgIpc) is 3.67. The topological polar surface area (TPSA) is 182 Å². The molecule has 10 rings (SSSR count). The summed E-state index contributed by atoms with van der Waals surface area (Å²) in [5, 5.41) is 23.8. The molecule has 0 unspecified atom stereocenters. The highest BCUT2D eigenvalue weighted by Gasteiger charge is 2.40. The van der Waals surface area contributed by atoms with E-state index in [1.165, 1.54) is 25.7 Å². The van der Waals surface area contributed by atoms with Gasteiger partial charge in [-0.15, -0.1) is 20.4 Å². The summed E-state index contributed by atoms with van der Waals surface area (Å²) in [5.41, 5.74) is 5.10. The monoisotopic (exact) mass is 706 g/mol. The summed E-state index contributed by atoms with van der Waals surface area (Å²) in [6.07, 6.45) is 14.2. The van der Waals surface area contributed by atoms with Gasteiger partial charge >= 0.3 is 12.1 Å². The molecule has 0 aromatic carbocycles. The number of aromatic amines is 2. The molecule has 2 saturated carbocycles. The fourth-order valence-corrected chi connectivity index (χ4v) is 8.09. The van der Waals surface area contributed by atoms with Crippen LogP contribution in [0.1, 0.15) is 75.9 Å². The Bertz CT molecular complexity index is 2070. The van der Waals surface area contributed by atoms with Crippen molar-refractivity contribution in [1.82, 2.24) is 69.6 Å². The second-order valence-electron chi connectivity index (χ2n) is 15.1. The van der Waals surface area contributed by atoms with E-state index < -0.39 is 0 Å². The third kappa shape index (κ3) is 6.06. The Morgan fingerprint density at radius 1 is 0.673 bits per heavy atom. The van der Waals surface area contributed by atoms with E-state index in [0.717, 1.165) is 84.3 Å². The molecule has 272 valence electrons. The SMILES string of the molecule is CC[C@@H]1CN(C(=O)NCC2CC2)C[C@@H]1c1nnc2cnc3[nH]ccc3n12.CC[C@H]1CN(C(=O)NCC2CC2)C[C@H]1c1nnc2cnc3[nH]ccc3n12. The average molecular weight is 707 g/mol. The first-order valence-corrected chi connectivity index (χ1v) is 18.9. The van der Waals surface area contributed by atoms with Crippen LogP contribution in [0.25, 0.3) is 33.6 Å². The standard InChI is InChI=1S/2C18H23N7O/c2*1-2-12-9-24(18(26)21-7-11-3-4-11)10-13(12)17-23-22-15-8-20-16-14(25(15)17)5-6-19-16/h2*5-6,8,11-13,19H,2-4,7,9-10H2,1H3,(H,21,26)/t2*12-,13+/m10/s1. The number of rotatable bonds is 8. The molecule has 4 fully saturated rings. The number of aromatic nitrogens is 10. The first-order valence-electron chi connectivity index (χ1n) is 18.9. The van der Waals surface area contributed by atoms with Gasteiger partial charge in [0.05, 0.1) is 23.4 Å². The first kappa shape index (κ1) is 32.6. The lowest BCUT2D eigenvalue weighted by atomic mass is 9.93. The van der Waals surface area contributed by atoms with Gasteiger partial charge in [0, 0.05) is 63.5 Å². The molecule has 0 bridgehead atoms. The van der Waals surface area contributed by atoms with Crippen LogP contribution in [0.2, 0.25) is 0 Å². The summed E-state index contributed by atoms with van der Waals surface area (Å²) >= 11 is 0. The third-order valence-corrected chi connectivity index (χ3v) is 11.6. The van der Waals surface area contributed by atoms with Crippen LogP contribution in [0.3, 0.4) is 0 Å². The summed E-state index contributed by atoms with van der Waals surface area (Å²) in [6, 6.07) is 4.11. The molecular formula is C36H46N14O2. The van der Waals surface area contributed by atoms with Gasteiger partial charge in [-0.1, -0.05) is 26.7 Å². The second kappa shape index (κ2) is 13.4. The summed E-state index contributed by atoms with van der Waals surface area (Å²) in [4.78, 5) is 44.0. The number of urea groups is 2. The van der Waals surface area contributed by atoms with Crippen molar-refractivity contribution in [2.24, 2.45) is 23.7 Å². The molecule has 0 radical (unpaired) electrons. The zero-order valence-electron chi connectivity index (χ0n) is 29.7. The minimum Gasteiger partial charge on any atom is -0.345 e. The number of H-pyrrole nitrogens is 2. The quantitative estimate of drug-likeness (QED) is 0.181. The molecule has 2 aliphatic carbocycles. The number of nitrogens with one attached hydrogen (secondary N) is 4. The predicted molar refractivity (Wildman–Crippen MR) is 194 cm³/mol. The molecule has 4 amide bonds. The zero-order chi connectivity index (χ0) is 35.3. The van der Waals surface area contributed by atoms with E-state index in [4.69, 9.17) is 0 Å². The first-order chi connectivity index (χ1) is 25.5. The number of carbonyl (C=O) groups excluding carboxylic acids is 2. The van der Waals surface area contributed by atoms with Crippen LogP contribution < -0.4 is 10.6 Å². The van der Waals surface area contributed by atoms with Gasteiger partial charge in [0.25, 0.3) is 0 Å². The maximum absolute atomic E-state index is 12.5. The van der Waals surface area contributed by atoms with Crippen molar-refractivity contribution in [1.29, 1.82) is 0 Å². The highest BCUT2D eigenvalue weighted by Crippen LogP contribution is 2.37. The molecule has 4 atom stereocenters. The Morgan fingerprint density at radius 2 is 1.12 bits per heavy atom. The largest absolute Gasteiger partial charge is 0.345 e. The van der Waals surface area contributed by atoms with E-state index in [1.807, 2.05) is 34.3 Å².